The molecule has 0 radical (unpaired) electrons. The van der Waals surface area contributed by atoms with E-state index < -0.39 is 0 Å². The van der Waals surface area contributed by atoms with Gasteiger partial charge >= 0.3 is 0 Å². The summed E-state index contributed by atoms with van der Waals surface area (Å²) >= 11 is 3.63. The van der Waals surface area contributed by atoms with Crippen LogP contribution >= 0.6 is 15.9 Å². The fraction of sp³-hybridized carbons (Fsp3) is 0.538. The summed E-state index contributed by atoms with van der Waals surface area (Å²) in [6, 6.07) is 4.57. The van der Waals surface area contributed by atoms with Crippen LogP contribution < -0.4 is 10.1 Å². The Morgan fingerprint density at radius 2 is 2.31 bits per heavy atom. The van der Waals surface area contributed by atoms with E-state index in [1.807, 2.05) is 0 Å². The lowest BCUT2D eigenvalue weighted by Crippen LogP contribution is -2.08. The van der Waals surface area contributed by atoms with Gasteiger partial charge in [-0.2, -0.15) is 0 Å². The lowest BCUT2D eigenvalue weighted by atomic mass is 9.95. The zero-order valence-corrected chi connectivity index (χ0v) is 11.0. The SMILES string of the molecule is CC1Cc2cc(C3CCNC3)cc(Br)c2O1. The molecule has 2 aliphatic rings. The number of hydrogen-bond donors (Lipinski definition) is 1. The van der Waals surface area contributed by atoms with Crippen molar-refractivity contribution in [2.45, 2.75) is 31.8 Å². The summed E-state index contributed by atoms with van der Waals surface area (Å²) in [5.41, 5.74) is 2.82. The lowest BCUT2D eigenvalue weighted by molar-refractivity contribution is 0.253. The summed E-state index contributed by atoms with van der Waals surface area (Å²) < 4.78 is 6.91. The van der Waals surface area contributed by atoms with E-state index in [2.05, 4.69) is 40.3 Å². The van der Waals surface area contributed by atoms with Crippen LogP contribution in [0.2, 0.25) is 0 Å². The Morgan fingerprint density at radius 1 is 1.44 bits per heavy atom. The van der Waals surface area contributed by atoms with Gasteiger partial charge in [-0.25, -0.2) is 0 Å². The van der Waals surface area contributed by atoms with Gasteiger partial charge in [-0.05, 0) is 58.9 Å². The van der Waals surface area contributed by atoms with E-state index >= 15 is 0 Å². The van der Waals surface area contributed by atoms with E-state index in [0.717, 1.165) is 29.7 Å². The first-order chi connectivity index (χ1) is 7.74. The topological polar surface area (TPSA) is 21.3 Å². The molecule has 0 spiro atoms. The molecule has 0 aliphatic carbocycles. The highest BCUT2D eigenvalue weighted by Gasteiger charge is 2.25. The molecule has 1 aromatic carbocycles. The van der Waals surface area contributed by atoms with Crippen molar-refractivity contribution >= 4 is 15.9 Å². The second kappa shape index (κ2) is 4.04. The fourth-order valence-corrected chi connectivity index (χ4v) is 3.30. The summed E-state index contributed by atoms with van der Waals surface area (Å²) in [5, 5.41) is 3.42. The first-order valence-corrected chi connectivity index (χ1v) is 6.73. The molecule has 3 rings (SSSR count). The van der Waals surface area contributed by atoms with Crippen LogP contribution in [0.1, 0.15) is 30.4 Å². The number of rotatable bonds is 1. The second-order valence-electron chi connectivity index (χ2n) is 4.81. The third-order valence-corrected chi connectivity index (χ3v) is 4.09. The van der Waals surface area contributed by atoms with Crippen molar-refractivity contribution in [1.82, 2.24) is 5.32 Å². The molecule has 3 heteroatoms. The third kappa shape index (κ3) is 1.76. The van der Waals surface area contributed by atoms with Crippen LogP contribution in [0, 0.1) is 0 Å². The molecule has 0 amide bonds. The molecule has 0 saturated carbocycles. The normalized spacial score (nSPS) is 27.9. The van der Waals surface area contributed by atoms with Crippen molar-refractivity contribution in [1.29, 1.82) is 0 Å². The van der Waals surface area contributed by atoms with Crippen molar-refractivity contribution in [2.24, 2.45) is 0 Å². The van der Waals surface area contributed by atoms with Gasteiger partial charge in [0.15, 0.2) is 0 Å². The molecule has 1 fully saturated rings. The quantitative estimate of drug-likeness (QED) is 0.855. The maximum absolute atomic E-state index is 5.79. The molecule has 1 saturated heterocycles. The standard InChI is InChI=1S/C13H16BrNO/c1-8-4-11-5-10(9-2-3-15-7-9)6-12(14)13(11)16-8/h5-6,8-9,15H,2-4,7H2,1H3. The highest BCUT2D eigenvalue weighted by atomic mass is 79.9. The molecule has 0 aromatic heterocycles. The van der Waals surface area contributed by atoms with Crippen LogP contribution in [0.4, 0.5) is 0 Å². The Kier molecular flexibility index (Phi) is 2.68. The molecule has 2 unspecified atom stereocenters. The molecule has 2 nitrogen and oxygen atoms in total. The van der Waals surface area contributed by atoms with Crippen LogP contribution in [-0.2, 0) is 6.42 Å². The first kappa shape index (κ1) is 10.6. The second-order valence-corrected chi connectivity index (χ2v) is 5.67. The minimum atomic E-state index is 0.322. The number of ether oxygens (including phenoxy) is 1. The Hall–Kier alpha value is -0.540. The van der Waals surface area contributed by atoms with Gasteiger partial charge in [-0.3, -0.25) is 0 Å². The summed E-state index contributed by atoms with van der Waals surface area (Å²) in [4.78, 5) is 0. The summed E-state index contributed by atoms with van der Waals surface area (Å²) in [5.74, 6) is 1.74. The molecular weight excluding hydrogens is 266 g/mol. The molecule has 2 atom stereocenters. The molecule has 16 heavy (non-hydrogen) atoms. The smallest absolute Gasteiger partial charge is 0.137 e. The summed E-state index contributed by atoms with van der Waals surface area (Å²) in [6.07, 6.45) is 2.62. The predicted octanol–water partition coefficient (Wildman–Crippen LogP) is 2.85. The Balaban J connectivity index is 1.97. The number of benzene rings is 1. The minimum Gasteiger partial charge on any atom is -0.489 e. The van der Waals surface area contributed by atoms with Crippen molar-refractivity contribution in [3.8, 4) is 5.75 Å². The van der Waals surface area contributed by atoms with E-state index in [4.69, 9.17) is 4.74 Å². The van der Waals surface area contributed by atoms with Crippen molar-refractivity contribution < 1.29 is 4.74 Å². The zero-order chi connectivity index (χ0) is 11.1. The average Bonchev–Trinajstić information content (AvgIpc) is 2.84. The van der Waals surface area contributed by atoms with Crippen LogP contribution in [-0.4, -0.2) is 19.2 Å². The van der Waals surface area contributed by atoms with Crippen molar-refractivity contribution in [3.05, 3.63) is 27.7 Å². The fourth-order valence-electron chi connectivity index (χ4n) is 2.68. The predicted molar refractivity (Wildman–Crippen MR) is 68.2 cm³/mol. The molecular formula is C13H16BrNO. The average molecular weight is 282 g/mol. The third-order valence-electron chi connectivity index (χ3n) is 3.50. The Bertz CT molecular complexity index is 413. The van der Waals surface area contributed by atoms with Crippen LogP contribution in [0.25, 0.3) is 0 Å². The van der Waals surface area contributed by atoms with Gasteiger partial charge in [0.2, 0.25) is 0 Å². The summed E-state index contributed by atoms with van der Waals surface area (Å²) in [6.45, 7) is 4.39. The van der Waals surface area contributed by atoms with Crippen LogP contribution in [0.5, 0.6) is 5.75 Å². The number of halogens is 1. The molecule has 2 heterocycles. The first-order valence-electron chi connectivity index (χ1n) is 5.93. The molecule has 0 bridgehead atoms. The molecule has 1 N–H and O–H groups in total. The van der Waals surface area contributed by atoms with Gasteiger partial charge in [0.25, 0.3) is 0 Å². The van der Waals surface area contributed by atoms with Crippen LogP contribution in [0.3, 0.4) is 0 Å². The minimum absolute atomic E-state index is 0.322. The van der Waals surface area contributed by atoms with Gasteiger partial charge < -0.3 is 10.1 Å². The zero-order valence-electron chi connectivity index (χ0n) is 9.42. The van der Waals surface area contributed by atoms with E-state index in [9.17, 15) is 0 Å². The molecule has 86 valence electrons. The number of nitrogens with one attached hydrogen (secondary N) is 1. The van der Waals surface area contributed by atoms with E-state index in [1.165, 1.54) is 17.5 Å². The largest absolute Gasteiger partial charge is 0.489 e. The highest BCUT2D eigenvalue weighted by molar-refractivity contribution is 9.10. The van der Waals surface area contributed by atoms with E-state index in [1.54, 1.807) is 0 Å². The molecule has 2 aliphatic heterocycles. The molecule has 1 aromatic rings. The van der Waals surface area contributed by atoms with Crippen molar-refractivity contribution in [3.63, 3.8) is 0 Å². The van der Waals surface area contributed by atoms with E-state index in [0.29, 0.717) is 12.0 Å². The lowest BCUT2D eigenvalue weighted by Gasteiger charge is -2.12. The highest BCUT2D eigenvalue weighted by Crippen LogP contribution is 2.39. The van der Waals surface area contributed by atoms with Crippen molar-refractivity contribution in [2.75, 3.05) is 13.1 Å². The Labute approximate surface area is 105 Å². The maximum Gasteiger partial charge on any atom is 0.137 e. The number of fused-ring (bicyclic) bond motifs is 1. The van der Waals surface area contributed by atoms with Gasteiger partial charge in [-0.1, -0.05) is 6.07 Å². The van der Waals surface area contributed by atoms with Gasteiger partial charge in [-0.15, -0.1) is 0 Å². The summed E-state index contributed by atoms with van der Waals surface area (Å²) in [7, 11) is 0. The van der Waals surface area contributed by atoms with E-state index in [-0.39, 0.29) is 0 Å². The monoisotopic (exact) mass is 281 g/mol. The van der Waals surface area contributed by atoms with Gasteiger partial charge in [0.05, 0.1) is 4.47 Å². The van der Waals surface area contributed by atoms with Crippen LogP contribution in [0.15, 0.2) is 16.6 Å². The maximum atomic E-state index is 5.79. The number of hydrogen-bond acceptors (Lipinski definition) is 2. The Morgan fingerprint density at radius 3 is 3.06 bits per heavy atom. The van der Waals surface area contributed by atoms with Gasteiger partial charge in [0.1, 0.15) is 11.9 Å². The van der Waals surface area contributed by atoms with Gasteiger partial charge in [0, 0.05) is 13.0 Å².